The predicted molar refractivity (Wildman–Crippen MR) is 358 cm³/mol. The summed E-state index contributed by atoms with van der Waals surface area (Å²) in [4.78, 5) is 38.4. The van der Waals surface area contributed by atoms with E-state index in [1.54, 1.807) is 0 Å². The average molecular weight is 1150 g/mol. The number of ether oxygens (including phenoxy) is 3. The van der Waals surface area contributed by atoms with Gasteiger partial charge in [-0.05, 0) is 70.6 Å². The van der Waals surface area contributed by atoms with Crippen LogP contribution in [0.5, 0.6) is 0 Å². The summed E-state index contributed by atoms with van der Waals surface area (Å²) >= 11 is 0. The van der Waals surface area contributed by atoms with Crippen molar-refractivity contribution in [2.45, 2.75) is 380 Å². The molecule has 0 radical (unpaired) electrons. The number of carbonyl (C=O) groups excluding carboxylic acids is 3. The van der Waals surface area contributed by atoms with Crippen LogP contribution in [0.25, 0.3) is 0 Å². The third kappa shape index (κ3) is 67.6. The molecule has 0 fully saturated rings. The topological polar surface area (TPSA) is 78.9 Å². The highest BCUT2D eigenvalue weighted by Gasteiger charge is 2.19. The van der Waals surface area contributed by atoms with E-state index in [1.807, 2.05) is 0 Å². The number of esters is 3. The maximum absolute atomic E-state index is 12.9. The molecule has 82 heavy (non-hydrogen) atoms. The van der Waals surface area contributed by atoms with Crippen molar-refractivity contribution >= 4 is 17.9 Å². The number of rotatable bonds is 66. The lowest BCUT2D eigenvalue weighted by Gasteiger charge is -2.18. The molecule has 0 saturated carbocycles. The van der Waals surface area contributed by atoms with Gasteiger partial charge in [0.05, 0.1) is 0 Å². The highest BCUT2D eigenvalue weighted by molar-refractivity contribution is 5.71. The lowest BCUT2D eigenvalue weighted by atomic mass is 10.0. The molecule has 0 aromatic rings. The van der Waals surface area contributed by atoms with Crippen molar-refractivity contribution in [1.82, 2.24) is 0 Å². The Kier molecular flexibility index (Phi) is 67.6. The van der Waals surface area contributed by atoms with Gasteiger partial charge in [0, 0.05) is 19.3 Å². The predicted octanol–water partition coefficient (Wildman–Crippen LogP) is 24.8. The molecule has 0 amide bonds. The molecule has 0 N–H and O–H groups in total. The molecule has 0 aromatic heterocycles. The highest BCUT2D eigenvalue weighted by atomic mass is 16.6. The van der Waals surface area contributed by atoms with Gasteiger partial charge in [-0.1, -0.05) is 357 Å². The molecule has 0 aromatic carbocycles. The van der Waals surface area contributed by atoms with Crippen molar-refractivity contribution < 1.29 is 28.6 Å². The van der Waals surface area contributed by atoms with Gasteiger partial charge in [0.25, 0.3) is 0 Å². The maximum Gasteiger partial charge on any atom is 0.306 e. The van der Waals surface area contributed by atoms with Crippen LogP contribution in [0.2, 0.25) is 0 Å². The molecule has 0 bridgehead atoms. The lowest BCUT2D eigenvalue weighted by Crippen LogP contribution is -2.30. The Balaban J connectivity index is 4.12. The summed E-state index contributed by atoms with van der Waals surface area (Å²) in [6.45, 7) is 6.59. The first-order chi connectivity index (χ1) is 40.5. The van der Waals surface area contributed by atoms with Crippen LogP contribution in [0.15, 0.2) is 72.9 Å². The van der Waals surface area contributed by atoms with Gasteiger partial charge in [-0.15, -0.1) is 0 Å². The molecule has 6 heteroatoms. The third-order valence-electron chi connectivity index (χ3n) is 16.0. The standard InChI is InChI=1S/C76H136O6/c1-4-7-10-13-16-19-22-25-27-29-30-31-32-33-34-35-36-37-38-39-40-41-42-43-44-45-46-47-49-51-54-57-60-63-66-69-75(78)81-72-73(71-80-74(77)68-65-62-59-56-53-50-24-21-18-15-12-9-6-3)82-76(79)70-67-64-61-58-55-52-48-28-26-23-20-17-14-11-8-5-2/h7,10,16,19,25,27,30-31,33-34,36-37,73H,4-6,8-9,11-15,17-18,20-24,26,28-29,32,35,38-72H2,1-3H3/b10-7-,19-16-,27-25-,31-30-,34-33-,37-36-. The van der Waals surface area contributed by atoms with Crippen LogP contribution in [0, 0.1) is 0 Å². The second kappa shape index (κ2) is 70.3. The van der Waals surface area contributed by atoms with Crippen molar-refractivity contribution in [2.24, 2.45) is 0 Å². The second-order valence-corrected chi connectivity index (χ2v) is 24.1. The SMILES string of the molecule is CC/C=C\C/C=C\C/C=C\C/C=C\C/C=C\C/C=C\CCCCCCCCCCCCCCCCCCC(=O)OCC(COC(=O)CCCCCCCCCCCCCCC)OC(=O)CCCCCCCCCCCCCCCCCC. The van der Waals surface area contributed by atoms with E-state index in [0.717, 1.165) is 96.3 Å². The number of hydrogen-bond donors (Lipinski definition) is 0. The Labute approximate surface area is 510 Å². The minimum Gasteiger partial charge on any atom is -0.462 e. The number of carbonyl (C=O) groups is 3. The van der Waals surface area contributed by atoms with Crippen LogP contribution in [-0.4, -0.2) is 37.2 Å². The monoisotopic (exact) mass is 1150 g/mol. The normalized spacial score (nSPS) is 12.5. The average Bonchev–Trinajstić information content (AvgIpc) is 3.47. The summed E-state index contributed by atoms with van der Waals surface area (Å²) in [5.74, 6) is -0.841. The van der Waals surface area contributed by atoms with Crippen LogP contribution in [-0.2, 0) is 28.6 Å². The van der Waals surface area contributed by atoms with Gasteiger partial charge in [-0.25, -0.2) is 0 Å². The first-order valence-electron chi connectivity index (χ1n) is 35.9. The van der Waals surface area contributed by atoms with Crippen LogP contribution in [0.4, 0.5) is 0 Å². The number of unbranched alkanes of at least 4 members (excludes halogenated alkanes) is 43. The van der Waals surface area contributed by atoms with Crippen LogP contribution >= 0.6 is 0 Å². The van der Waals surface area contributed by atoms with Gasteiger partial charge in [0.2, 0.25) is 0 Å². The van der Waals surface area contributed by atoms with E-state index >= 15 is 0 Å². The minimum absolute atomic E-state index is 0.0669. The first kappa shape index (κ1) is 78.8. The quantitative estimate of drug-likeness (QED) is 0.0261. The first-order valence-corrected chi connectivity index (χ1v) is 35.9. The van der Waals surface area contributed by atoms with E-state index in [4.69, 9.17) is 14.2 Å². The summed E-state index contributed by atoms with van der Waals surface area (Å²) in [5.41, 5.74) is 0. The third-order valence-corrected chi connectivity index (χ3v) is 16.0. The minimum atomic E-state index is -0.770. The van der Waals surface area contributed by atoms with Crippen molar-refractivity contribution in [1.29, 1.82) is 0 Å². The molecule has 0 heterocycles. The fraction of sp³-hybridized carbons (Fsp3) is 0.803. The van der Waals surface area contributed by atoms with Gasteiger partial charge in [0.1, 0.15) is 13.2 Å². The van der Waals surface area contributed by atoms with Crippen molar-refractivity contribution in [3.05, 3.63) is 72.9 Å². The van der Waals surface area contributed by atoms with Crippen molar-refractivity contribution in [3.8, 4) is 0 Å². The van der Waals surface area contributed by atoms with Crippen molar-refractivity contribution in [2.75, 3.05) is 13.2 Å². The maximum atomic E-state index is 12.9. The number of hydrogen-bond acceptors (Lipinski definition) is 6. The van der Waals surface area contributed by atoms with Gasteiger partial charge < -0.3 is 14.2 Å². The van der Waals surface area contributed by atoms with E-state index < -0.39 is 6.10 Å². The molecular formula is C76H136O6. The van der Waals surface area contributed by atoms with Gasteiger partial charge in [-0.2, -0.15) is 0 Å². The van der Waals surface area contributed by atoms with Gasteiger partial charge >= 0.3 is 17.9 Å². The van der Waals surface area contributed by atoms with Crippen molar-refractivity contribution in [3.63, 3.8) is 0 Å². The summed E-state index contributed by atoms with van der Waals surface area (Å²) < 4.78 is 17.0. The Morgan fingerprint density at radius 1 is 0.256 bits per heavy atom. The largest absolute Gasteiger partial charge is 0.462 e. The molecular weight excluding hydrogens is 1010 g/mol. The van der Waals surface area contributed by atoms with E-state index in [1.165, 1.54) is 238 Å². The molecule has 0 aliphatic carbocycles. The smallest absolute Gasteiger partial charge is 0.306 e. The zero-order valence-corrected chi connectivity index (χ0v) is 54.8. The lowest BCUT2D eigenvalue weighted by molar-refractivity contribution is -0.167. The Hall–Kier alpha value is -3.15. The fourth-order valence-electron chi connectivity index (χ4n) is 10.6. The second-order valence-electron chi connectivity index (χ2n) is 24.1. The molecule has 0 aliphatic heterocycles. The highest BCUT2D eigenvalue weighted by Crippen LogP contribution is 2.18. The van der Waals surface area contributed by atoms with E-state index in [0.29, 0.717) is 19.3 Å². The molecule has 1 atom stereocenters. The van der Waals surface area contributed by atoms with Gasteiger partial charge in [0.15, 0.2) is 6.10 Å². The molecule has 1 unspecified atom stereocenters. The molecule has 6 nitrogen and oxygen atoms in total. The Morgan fingerprint density at radius 2 is 0.476 bits per heavy atom. The Bertz CT molecular complexity index is 1500. The van der Waals surface area contributed by atoms with E-state index in [-0.39, 0.29) is 31.1 Å². The molecule has 0 spiro atoms. The summed E-state index contributed by atoms with van der Waals surface area (Å²) in [6, 6.07) is 0. The number of allylic oxidation sites excluding steroid dienone is 12. The molecule has 0 saturated heterocycles. The van der Waals surface area contributed by atoms with Crippen LogP contribution in [0.1, 0.15) is 374 Å². The zero-order chi connectivity index (χ0) is 59.2. The van der Waals surface area contributed by atoms with Gasteiger partial charge in [-0.3, -0.25) is 14.4 Å². The summed E-state index contributed by atoms with van der Waals surface area (Å²) in [7, 11) is 0. The van der Waals surface area contributed by atoms with E-state index in [9.17, 15) is 14.4 Å². The molecule has 0 rings (SSSR count). The molecule has 0 aliphatic rings. The molecule has 476 valence electrons. The Morgan fingerprint density at radius 3 is 0.744 bits per heavy atom. The summed E-state index contributed by atoms with van der Waals surface area (Å²) in [5, 5.41) is 0. The summed E-state index contributed by atoms with van der Waals surface area (Å²) in [6.07, 6.45) is 92.2. The van der Waals surface area contributed by atoms with Crippen LogP contribution < -0.4 is 0 Å². The zero-order valence-electron chi connectivity index (χ0n) is 54.8. The van der Waals surface area contributed by atoms with E-state index in [2.05, 4.69) is 93.7 Å². The van der Waals surface area contributed by atoms with Crippen LogP contribution in [0.3, 0.4) is 0 Å². The fourth-order valence-corrected chi connectivity index (χ4v) is 10.6.